The van der Waals surface area contributed by atoms with Crippen LogP contribution in [0, 0.1) is 0 Å². The van der Waals surface area contributed by atoms with Gasteiger partial charge in [0, 0.05) is 20.2 Å². The monoisotopic (exact) mass is 221 g/mol. The van der Waals surface area contributed by atoms with Gasteiger partial charge in [0.2, 0.25) is 5.91 Å². The van der Waals surface area contributed by atoms with Crippen LogP contribution in [0.15, 0.2) is 0 Å². The third-order valence-corrected chi connectivity index (χ3v) is 2.97. The molecule has 3 unspecified atom stereocenters. The number of aliphatic hydroxyl groups excluding tert-OH is 1. The minimum absolute atomic E-state index is 0.118. The van der Waals surface area contributed by atoms with Crippen molar-refractivity contribution in [3.05, 3.63) is 0 Å². The quantitative estimate of drug-likeness (QED) is 0.694. The minimum atomic E-state index is -0.593. The van der Waals surface area contributed by atoms with Gasteiger partial charge in [0.05, 0.1) is 6.10 Å². The van der Waals surface area contributed by atoms with Gasteiger partial charge in [-0.3, -0.25) is 4.79 Å². The maximum atomic E-state index is 11.6. The Bertz CT molecular complexity index is 212. The lowest BCUT2D eigenvalue weighted by Crippen LogP contribution is -2.35. The standard InChI is InChI=1S/C9H16ClNO3/c1-3-6(10)9(13)11-4-7(12)8(5-11)14-2/h6-8,12H,3-5H2,1-2H3. The van der Waals surface area contributed by atoms with E-state index >= 15 is 0 Å². The summed E-state index contributed by atoms with van der Waals surface area (Å²) >= 11 is 5.82. The third-order valence-electron chi connectivity index (χ3n) is 2.48. The zero-order valence-corrected chi connectivity index (χ0v) is 9.20. The largest absolute Gasteiger partial charge is 0.388 e. The number of methoxy groups -OCH3 is 1. The lowest BCUT2D eigenvalue weighted by molar-refractivity contribution is -0.130. The highest BCUT2D eigenvalue weighted by Crippen LogP contribution is 2.16. The highest BCUT2D eigenvalue weighted by Gasteiger charge is 2.35. The summed E-state index contributed by atoms with van der Waals surface area (Å²) in [6.45, 7) is 2.61. The summed E-state index contributed by atoms with van der Waals surface area (Å²) in [5.41, 5.74) is 0. The molecule has 1 aliphatic heterocycles. The van der Waals surface area contributed by atoms with Crippen molar-refractivity contribution in [1.82, 2.24) is 4.90 Å². The molecular formula is C9H16ClNO3. The highest BCUT2D eigenvalue weighted by molar-refractivity contribution is 6.30. The minimum Gasteiger partial charge on any atom is -0.388 e. The molecule has 3 atom stereocenters. The zero-order valence-electron chi connectivity index (χ0n) is 8.44. The summed E-state index contributed by atoms with van der Waals surface area (Å²) in [5, 5.41) is 9.01. The fourth-order valence-electron chi connectivity index (χ4n) is 1.54. The summed E-state index contributed by atoms with van der Waals surface area (Å²) in [7, 11) is 1.53. The number of β-amino-alcohol motifs (C(OH)–C–C–N with tert-alkyl or cyclic N) is 1. The molecule has 1 saturated heterocycles. The van der Waals surface area contributed by atoms with Crippen LogP contribution in [0.2, 0.25) is 0 Å². The molecule has 4 nitrogen and oxygen atoms in total. The van der Waals surface area contributed by atoms with Gasteiger partial charge in [-0.15, -0.1) is 11.6 Å². The molecule has 5 heteroatoms. The van der Waals surface area contributed by atoms with Crippen molar-refractivity contribution >= 4 is 17.5 Å². The van der Waals surface area contributed by atoms with Gasteiger partial charge < -0.3 is 14.7 Å². The van der Waals surface area contributed by atoms with Crippen LogP contribution < -0.4 is 0 Å². The molecule has 0 spiro atoms. The Morgan fingerprint density at radius 1 is 1.71 bits per heavy atom. The zero-order chi connectivity index (χ0) is 10.7. The molecular weight excluding hydrogens is 206 g/mol. The smallest absolute Gasteiger partial charge is 0.240 e. The Labute approximate surface area is 88.8 Å². The van der Waals surface area contributed by atoms with Crippen molar-refractivity contribution < 1.29 is 14.6 Å². The first-order chi connectivity index (χ1) is 6.60. The Morgan fingerprint density at radius 3 is 2.79 bits per heavy atom. The van der Waals surface area contributed by atoms with Gasteiger partial charge in [0.15, 0.2) is 0 Å². The normalized spacial score (nSPS) is 29.3. The predicted molar refractivity (Wildman–Crippen MR) is 53.3 cm³/mol. The molecule has 0 aromatic carbocycles. The van der Waals surface area contributed by atoms with Crippen molar-refractivity contribution in [2.24, 2.45) is 0 Å². The van der Waals surface area contributed by atoms with Crippen molar-refractivity contribution in [1.29, 1.82) is 0 Å². The highest BCUT2D eigenvalue weighted by atomic mass is 35.5. The number of halogens is 1. The second kappa shape index (κ2) is 4.96. The van der Waals surface area contributed by atoms with E-state index in [2.05, 4.69) is 0 Å². The van der Waals surface area contributed by atoms with E-state index in [1.165, 1.54) is 7.11 Å². The van der Waals surface area contributed by atoms with Gasteiger partial charge in [-0.05, 0) is 6.42 Å². The average Bonchev–Trinajstić information content (AvgIpc) is 2.57. The molecule has 1 N–H and O–H groups in total. The molecule has 0 aromatic heterocycles. The van der Waals surface area contributed by atoms with E-state index in [1.54, 1.807) is 4.90 Å². The molecule has 1 rings (SSSR count). The summed E-state index contributed by atoms with van der Waals surface area (Å²) in [6.07, 6.45) is -0.269. The number of hydrogen-bond acceptors (Lipinski definition) is 3. The lowest BCUT2D eigenvalue weighted by Gasteiger charge is -2.18. The van der Waals surface area contributed by atoms with Crippen LogP contribution in [-0.2, 0) is 9.53 Å². The number of ether oxygens (including phenoxy) is 1. The topological polar surface area (TPSA) is 49.8 Å². The van der Waals surface area contributed by atoms with Gasteiger partial charge in [-0.1, -0.05) is 6.92 Å². The summed E-state index contributed by atoms with van der Waals surface area (Å²) < 4.78 is 5.03. The number of carbonyl (C=O) groups is 1. The molecule has 1 heterocycles. The van der Waals surface area contributed by atoms with Crippen molar-refractivity contribution in [3.63, 3.8) is 0 Å². The molecule has 1 aliphatic rings. The first-order valence-electron chi connectivity index (χ1n) is 4.73. The molecule has 0 aliphatic carbocycles. The second-order valence-electron chi connectivity index (χ2n) is 3.46. The first kappa shape index (κ1) is 11.8. The van der Waals surface area contributed by atoms with Crippen molar-refractivity contribution in [2.45, 2.75) is 30.9 Å². The molecule has 0 radical (unpaired) electrons. The fourth-order valence-corrected chi connectivity index (χ4v) is 1.68. The molecule has 82 valence electrons. The van der Waals surface area contributed by atoms with E-state index in [4.69, 9.17) is 16.3 Å². The second-order valence-corrected chi connectivity index (χ2v) is 3.99. The molecule has 0 bridgehead atoms. The maximum Gasteiger partial charge on any atom is 0.240 e. The third kappa shape index (κ3) is 2.38. The lowest BCUT2D eigenvalue weighted by atomic mass is 10.3. The van der Waals surface area contributed by atoms with Crippen LogP contribution in [0.1, 0.15) is 13.3 Å². The summed E-state index contributed by atoms with van der Waals surface area (Å²) in [6, 6.07) is 0. The molecule has 0 aromatic rings. The Morgan fingerprint density at radius 2 is 2.36 bits per heavy atom. The average molecular weight is 222 g/mol. The van der Waals surface area contributed by atoms with E-state index in [-0.39, 0.29) is 12.0 Å². The van der Waals surface area contributed by atoms with Crippen LogP contribution in [0.3, 0.4) is 0 Å². The van der Waals surface area contributed by atoms with Gasteiger partial charge in [-0.2, -0.15) is 0 Å². The van der Waals surface area contributed by atoms with Gasteiger partial charge >= 0.3 is 0 Å². The number of aliphatic hydroxyl groups is 1. The number of alkyl halides is 1. The van der Waals surface area contributed by atoms with E-state index < -0.39 is 11.5 Å². The number of nitrogens with zero attached hydrogens (tertiary/aromatic N) is 1. The maximum absolute atomic E-state index is 11.6. The van der Waals surface area contributed by atoms with Gasteiger partial charge in [0.1, 0.15) is 11.5 Å². The number of carbonyl (C=O) groups excluding carboxylic acids is 1. The van der Waals surface area contributed by atoms with E-state index in [1.807, 2.05) is 6.92 Å². The Hall–Kier alpha value is -0.320. The predicted octanol–water partition coefficient (Wildman–Crippen LogP) is 0.222. The van der Waals surface area contributed by atoms with Crippen LogP contribution >= 0.6 is 11.6 Å². The number of amides is 1. The fraction of sp³-hybridized carbons (Fsp3) is 0.889. The van der Waals surface area contributed by atoms with Gasteiger partial charge in [0.25, 0.3) is 0 Å². The number of hydrogen-bond donors (Lipinski definition) is 1. The molecule has 14 heavy (non-hydrogen) atoms. The summed E-state index contributed by atoms with van der Waals surface area (Å²) in [5.74, 6) is -0.118. The van der Waals surface area contributed by atoms with Crippen LogP contribution in [0.25, 0.3) is 0 Å². The molecule has 1 fully saturated rings. The summed E-state index contributed by atoms with van der Waals surface area (Å²) in [4.78, 5) is 13.2. The SMILES string of the molecule is CCC(Cl)C(=O)N1CC(O)C(OC)C1. The van der Waals surface area contributed by atoms with Crippen LogP contribution in [0.4, 0.5) is 0 Å². The molecule has 0 saturated carbocycles. The van der Waals surface area contributed by atoms with E-state index in [0.717, 1.165) is 0 Å². The first-order valence-corrected chi connectivity index (χ1v) is 5.17. The van der Waals surface area contributed by atoms with Crippen LogP contribution in [0.5, 0.6) is 0 Å². The number of likely N-dealkylation sites (tertiary alicyclic amines) is 1. The van der Waals surface area contributed by atoms with E-state index in [9.17, 15) is 9.90 Å². The van der Waals surface area contributed by atoms with Crippen LogP contribution in [-0.4, -0.2) is 53.7 Å². The van der Waals surface area contributed by atoms with Crippen molar-refractivity contribution in [3.8, 4) is 0 Å². The molecule has 1 amide bonds. The van der Waals surface area contributed by atoms with Crippen molar-refractivity contribution in [2.75, 3.05) is 20.2 Å². The number of rotatable bonds is 3. The van der Waals surface area contributed by atoms with E-state index in [0.29, 0.717) is 19.5 Å². The Kier molecular flexibility index (Phi) is 4.16. The van der Waals surface area contributed by atoms with Gasteiger partial charge in [-0.25, -0.2) is 0 Å². The Balaban J connectivity index is 2.52.